The lowest BCUT2D eigenvalue weighted by Crippen LogP contribution is -1.90. The van der Waals surface area contributed by atoms with E-state index in [-0.39, 0.29) is 0 Å². The minimum atomic E-state index is 1.10. The number of rotatable bonds is 0. The van der Waals surface area contributed by atoms with Crippen LogP contribution >= 0.6 is 0 Å². The van der Waals surface area contributed by atoms with Crippen LogP contribution in [0.1, 0.15) is 45.4 Å². The van der Waals surface area contributed by atoms with Crippen LogP contribution in [-0.2, 0) is 0 Å². The molecule has 0 aromatic heterocycles. The SMILES string of the molecule is CC1[C@H]2CCCCCC[C@@H]12. The van der Waals surface area contributed by atoms with E-state index < -0.39 is 0 Å². The average Bonchev–Trinajstić information content (AvgIpc) is 2.39. The van der Waals surface area contributed by atoms with Crippen LogP contribution in [0.25, 0.3) is 0 Å². The van der Waals surface area contributed by atoms with Crippen molar-refractivity contribution >= 4 is 0 Å². The van der Waals surface area contributed by atoms with Crippen LogP contribution in [0.3, 0.4) is 0 Å². The normalized spacial score (nSPS) is 47.1. The Hall–Kier alpha value is 0. The topological polar surface area (TPSA) is 0 Å². The summed E-state index contributed by atoms with van der Waals surface area (Å²) in [6.45, 7) is 2.45. The van der Waals surface area contributed by atoms with Gasteiger partial charge in [-0.1, -0.05) is 32.6 Å². The van der Waals surface area contributed by atoms with E-state index in [1.54, 1.807) is 12.8 Å². The quantitative estimate of drug-likeness (QED) is 0.482. The van der Waals surface area contributed by atoms with Crippen LogP contribution in [-0.4, -0.2) is 0 Å². The molecule has 58 valence electrons. The smallest absolute Gasteiger partial charge is 0.0355 e. The Morgan fingerprint density at radius 3 is 1.80 bits per heavy atom. The lowest BCUT2D eigenvalue weighted by Gasteiger charge is -2.05. The van der Waals surface area contributed by atoms with Crippen molar-refractivity contribution in [2.45, 2.75) is 45.4 Å². The summed E-state index contributed by atoms with van der Waals surface area (Å²) in [5.41, 5.74) is 0. The van der Waals surface area contributed by atoms with Crippen LogP contribution in [0.4, 0.5) is 0 Å². The van der Waals surface area contributed by atoms with Gasteiger partial charge < -0.3 is 0 Å². The summed E-state index contributed by atoms with van der Waals surface area (Å²) in [5, 5.41) is 0. The van der Waals surface area contributed by atoms with Crippen molar-refractivity contribution in [1.29, 1.82) is 0 Å². The van der Waals surface area contributed by atoms with Crippen LogP contribution in [0.2, 0.25) is 0 Å². The van der Waals surface area contributed by atoms with Crippen molar-refractivity contribution in [1.82, 2.24) is 0 Å². The van der Waals surface area contributed by atoms with Gasteiger partial charge in [0.05, 0.1) is 0 Å². The van der Waals surface area contributed by atoms with Gasteiger partial charge in [0.1, 0.15) is 0 Å². The number of hydrogen-bond donors (Lipinski definition) is 0. The van der Waals surface area contributed by atoms with Gasteiger partial charge in [0, 0.05) is 0 Å². The molecule has 0 spiro atoms. The zero-order valence-corrected chi connectivity index (χ0v) is 6.97. The summed E-state index contributed by atoms with van der Waals surface area (Å²) >= 11 is 0. The predicted molar refractivity (Wildman–Crippen MR) is 43.8 cm³/mol. The number of fused-ring (bicyclic) bond motifs is 1. The third-order valence-electron chi connectivity index (χ3n) is 3.58. The van der Waals surface area contributed by atoms with Gasteiger partial charge in [-0.15, -0.1) is 0 Å². The van der Waals surface area contributed by atoms with E-state index in [1.807, 2.05) is 0 Å². The molecule has 3 atom stereocenters. The molecule has 0 nitrogen and oxygen atoms in total. The van der Waals surface area contributed by atoms with E-state index in [0.717, 1.165) is 17.8 Å². The molecule has 2 rings (SSSR count). The highest BCUT2D eigenvalue weighted by Gasteiger charge is 2.44. The average molecular weight is 138 g/mol. The summed E-state index contributed by atoms with van der Waals surface area (Å²) < 4.78 is 0. The van der Waals surface area contributed by atoms with E-state index in [0.29, 0.717) is 0 Å². The summed E-state index contributed by atoms with van der Waals surface area (Å²) in [6.07, 6.45) is 9.15. The summed E-state index contributed by atoms with van der Waals surface area (Å²) in [7, 11) is 0. The Balaban J connectivity index is 1.86. The first-order chi connectivity index (χ1) is 4.89. The van der Waals surface area contributed by atoms with Gasteiger partial charge in [-0.05, 0) is 30.6 Å². The highest BCUT2D eigenvalue weighted by atomic mass is 14.5. The molecule has 2 saturated carbocycles. The third-order valence-corrected chi connectivity index (χ3v) is 3.58. The molecular weight excluding hydrogens is 120 g/mol. The van der Waals surface area contributed by atoms with Gasteiger partial charge in [0.15, 0.2) is 0 Å². The lowest BCUT2D eigenvalue weighted by molar-refractivity contribution is 0.485. The second kappa shape index (κ2) is 2.56. The number of hydrogen-bond acceptors (Lipinski definition) is 0. The molecule has 0 aromatic carbocycles. The van der Waals surface area contributed by atoms with Gasteiger partial charge in [0.2, 0.25) is 0 Å². The maximum atomic E-state index is 2.45. The van der Waals surface area contributed by atoms with Crippen molar-refractivity contribution in [3.63, 3.8) is 0 Å². The fraction of sp³-hybridized carbons (Fsp3) is 1.00. The maximum Gasteiger partial charge on any atom is -0.0355 e. The highest BCUT2D eigenvalue weighted by Crippen LogP contribution is 2.52. The minimum Gasteiger partial charge on any atom is -0.0620 e. The summed E-state index contributed by atoms with van der Waals surface area (Å²) in [5.74, 6) is 3.40. The first-order valence-corrected chi connectivity index (χ1v) is 4.89. The lowest BCUT2D eigenvalue weighted by atomic mass is 10.0. The van der Waals surface area contributed by atoms with Crippen molar-refractivity contribution in [3.05, 3.63) is 0 Å². The molecule has 0 aliphatic heterocycles. The van der Waals surface area contributed by atoms with Crippen LogP contribution in [0, 0.1) is 17.8 Å². The van der Waals surface area contributed by atoms with Crippen molar-refractivity contribution in [2.75, 3.05) is 0 Å². The molecule has 0 heterocycles. The molecule has 1 unspecified atom stereocenters. The molecule has 2 aliphatic carbocycles. The van der Waals surface area contributed by atoms with Gasteiger partial charge in [-0.25, -0.2) is 0 Å². The van der Waals surface area contributed by atoms with E-state index in [1.165, 1.54) is 25.7 Å². The summed E-state index contributed by atoms with van der Waals surface area (Å²) in [4.78, 5) is 0. The van der Waals surface area contributed by atoms with Crippen LogP contribution < -0.4 is 0 Å². The predicted octanol–water partition coefficient (Wildman–Crippen LogP) is 3.22. The zero-order chi connectivity index (χ0) is 6.97. The Morgan fingerprint density at radius 1 is 0.800 bits per heavy atom. The molecule has 0 bridgehead atoms. The van der Waals surface area contributed by atoms with Crippen molar-refractivity contribution in [2.24, 2.45) is 17.8 Å². The minimum absolute atomic E-state index is 1.10. The highest BCUT2D eigenvalue weighted by molar-refractivity contribution is 4.94. The molecule has 10 heavy (non-hydrogen) atoms. The molecule has 2 fully saturated rings. The first kappa shape index (κ1) is 6.69. The van der Waals surface area contributed by atoms with E-state index >= 15 is 0 Å². The molecule has 0 N–H and O–H groups in total. The Labute approximate surface area is 64.0 Å². The first-order valence-electron chi connectivity index (χ1n) is 4.89. The van der Waals surface area contributed by atoms with E-state index in [4.69, 9.17) is 0 Å². The molecule has 0 saturated heterocycles. The second-order valence-corrected chi connectivity index (χ2v) is 4.18. The Morgan fingerprint density at radius 2 is 1.30 bits per heavy atom. The van der Waals surface area contributed by atoms with Gasteiger partial charge >= 0.3 is 0 Å². The molecule has 0 amide bonds. The Bertz CT molecular complexity index is 103. The van der Waals surface area contributed by atoms with E-state index in [2.05, 4.69) is 6.92 Å². The summed E-state index contributed by atoms with van der Waals surface area (Å²) in [6, 6.07) is 0. The van der Waals surface area contributed by atoms with Crippen molar-refractivity contribution < 1.29 is 0 Å². The van der Waals surface area contributed by atoms with Crippen LogP contribution in [0.5, 0.6) is 0 Å². The van der Waals surface area contributed by atoms with Crippen molar-refractivity contribution in [3.8, 4) is 0 Å². The Kier molecular flexibility index (Phi) is 1.71. The van der Waals surface area contributed by atoms with E-state index in [9.17, 15) is 0 Å². The molecule has 0 aromatic rings. The molecule has 0 heteroatoms. The van der Waals surface area contributed by atoms with Gasteiger partial charge in [-0.2, -0.15) is 0 Å². The second-order valence-electron chi connectivity index (χ2n) is 4.18. The third kappa shape index (κ3) is 1.09. The van der Waals surface area contributed by atoms with Gasteiger partial charge in [0.25, 0.3) is 0 Å². The maximum absolute atomic E-state index is 2.45. The zero-order valence-electron chi connectivity index (χ0n) is 6.97. The van der Waals surface area contributed by atoms with Gasteiger partial charge in [-0.3, -0.25) is 0 Å². The largest absolute Gasteiger partial charge is 0.0620 e. The molecule has 2 aliphatic rings. The standard InChI is InChI=1S/C10H18/c1-8-9-6-4-2-3-5-7-10(8)9/h8-10H,2-7H2,1H3/t8?,9-,10+. The van der Waals surface area contributed by atoms with Crippen LogP contribution in [0.15, 0.2) is 0 Å². The molecular formula is C10H18. The fourth-order valence-electron chi connectivity index (χ4n) is 2.70. The fourth-order valence-corrected chi connectivity index (χ4v) is 2.70. The molecule has 0 radical (unpaired) electrons. The monoisotopic (exact) mass is 138 g/mol.